The summed E-state index contributed by atoms with van der Waals surface area (Å²) in [6.07, 6.45) is 4.66. The molecule has 3 nitrogen and oxygen atoms in total. The molecule has 100 valence electrons. The molecule has 18 heavy (non-hydrogen) atoms. The highest BCUT2D eigenvalue weighted by Crippen LogP contribution is 2.23. The number of rotatable bonds is 4. The van der Waals surface area contributed by atoms with E-state index in [4.69, 9.17) is 0 Å². The molecule has 0 saturated heterocycles. The summed E-state index contributed by atoms with van der Waals surface area (Å²) < 4.78 is 1.16. The minimum atomic E-state index is -0.372. The van der Waals surface area contributed by atoms with Crippen LogP contribution in [0.5, 0.6) is 0 Å². The molecule has 1 aromatic heterocycles. The van der Waals surface area contributed by atoms with E-state index in [2.05, 4.69) is 5.32 Å². The SMILES string of the molecule is O=C(CSc1cccs1)NC1CCCCCC1O. The zero-order chi connectivity index (χ0) is 12.8. The van der Waals surface area contributed by atoms with Gasteiger partial charge in [-0.25, -0.2) is 0 Å². The maximum absolute atomic E-state index is 11.8. The highest BCUT2D eigenvalue weighted by atomic mass is 32.2. The molecule has 1 saturated carbocycles. The molecule has 2 N–H and O–H groups in total. The molecule has 2 rings (SSSR count). The van der Waals surface area contributed by atoms with Crippen LogP contribution in [0.2, 0.25) is 0 Å². The molecule has 0 bridgehead atoms. The van der Waals surface area contributed by atoms with Gasteiger partial charge in [-0.2, -0.15) is 0 Å². The number of thioether (sulfide) groups is 1. The topological polar surface area (TPSA) is 49.3 Å². The normalized spacial score (nSPS) is 24.5. The van der Waals surface area contributed by atoms with Crippen molar-refractivity contribution in [3.63, 3.8) is 0 Å². The van der Waals surface area contributed by atoms with Crippen LogP contribution in [-0.4, -0.2) is 28.9 Å². The summed E-state index contributed by atoms with van der Waals surface area (Å²) in [6.45, 7) is 0. The highest BCUT2D eigenvalue weighted by molar-refractivity contribution is 8.01. The molecule has 1 aliphatic rings. The van der Waals surface area contributed by atoms with E-state index in [1.807, 2.05) is 17.5 Å². The molecule has 0 radical (unpaired) electrons. The third-order valence-corrected chi connectivity index (χ3v) is 5.30. The molecule has 0 spiro atoms. The Hall–Kier alpha value is -0.520. The first-order valence-corrected chi connectivity index (χ1v) is 8.26. The molecular formula is C13H19NO2S2. The molecule has 1 fully saturated rings. The lowest BCUT2D eigenvalue weighted by Crippen LogP contribution is -2.43. The van der Waals surface area contributed by atoms with Crippen molar-refractivity contribution in [3.05, 3.63) is 17.5 Å². The number of hydrogen-bond donors (Lipinski definition) is 2. The van der Waals surface area contributed by atoms with Crippen LogP contribution in [0.25, 0.3) is 0 Å². The van der Waals surface area contributed by atoms with E-state index in [1.54, 1.807) is 23.1 Å². The highest BCUT2D eigenvalue weighted by Gasteiger charge is 2.22. The van der Waals surface area contributed by atoms with Crippen molar-refractivity contribution < 1.29 is 9.90 Å². The summed E-state index contributed by atoms with van der Waals surface area (Å²) in [5.41, 5.74) is 0. The van der Waals surface area contributed by atoms with Gasteiger partial charge in [-0.3, -0.25) is 4.79 Å². The standard InChI is InChI=1S/C13H19NO2S2/c15-11-6-3-1-2-5-10(11)14-12(16)9-18-13-7-4-8-17-13/h4,7-8,10-11,15H,1-3,5-6,9H2,(H,14,16). The number of hydrogen-bond acceptors (Lipinski definition) is 4. The predicted molar refractivity (Wildman–Crippen MR) is 76.1 cm³/mol. The third kappa shape index (κ3) is 4.30. The Bertz CT molecular complexity index is 367. The molecule has 2 unspecified atom stereocenters. The van der Waals surface area contributed by atoms with Gasteiger partial charge in [-0.15, -0.1) is 23.1 Å². The van der Waals surface area contributed by atoms with E-state index < -0.39 is 0 Å². The second-order valence-corrected chi connectivity index (χ2v) is 6.82. The molecule has 1 aliphatic carbocycles. The molecule has 1 aromatic rings. The van der Waals surface area contributed by atoms with E-state index in [1.165, 1.54) is 0 Å². The number of amides is 1. The zero-order valence-electron chi connectivity index (χ0n) is 10.3. The first-order valence-electron chi connectivity index (χ1n) is 6.39. The van der Waals surface area contributed by atoms with Crippen molar-refractivity contribution in [2.45, 2.75) is 48.5 Å². The number of carbonyl (C=O) groups is 1. The van der Waals surface area contributed by atoms with Crippen molar-refractivity contribution in [1.82, 2.24) is 5.32 Å². The van der Waals surface area contributed by atoms with Crippen LogP contribution in [0.3, 0.4) is 0 Å². The quantitative estimate of drug-likeness (QED) is 0.660. The lowest BCUT2D eigenvalue weighted by atomic mass is 10.1. The maximum atomic E-state index is 11.8. The largest absolute Gasteiger partial charge is 0.391 e. The van der Waals surface area contributed by atoms with Gasteiger partial charge in [-0.05, 0) is 24.3 Å². The van der Waals surface area contributed by atoms with Crippen LogP contribution in [0.4, 0.5) is 0 Å². The van der Waals surface area contributed by atoms with Gasteiger partial charge in [0.25, 0.3) is 0 Å². The fraction of sp³-hybridized carbons (Fsp3) is 0.615. The van der Waals surface area contributed by atoms with Crippen LogP contribution in [0, 0.1) is 0 Å². The van der Waals surface area contributed by atoms with Gasteiger partial charge < -0.3 is 10.4 Å². The Labute approximate surface area is 116 Å². The summed E-state index contributed by atoms with van der Waals surface area (Å²) in [4.78, 5) is 11.8. The smallest absolute Gasteiger partial charge is 0.230 e. The second-order valence-electron chi connectivity index (χ2n) is 4.60. The number of thiophene rings is 1. The van der Waals surface area contributed by atoms with Crippen LogP contribution in [0.15, 0.2) is 21.7 Å². The number of aliphatic hydroxyl groups excluding tert-OH is 1. The van der Waals surface area contributed by atoms with E-state index in [-0.39, 0.29) is 18.1 Å². The number of aliphatic hydroxyl groups is 1. The average molecular weight is 285 g/mol. The Balaban J connectivity index is 1.75. The van der Waals surface area contributed by atoms with Gasteiger partial charge in [0, 0.05) is 0 Å². The Kier molecular flexibility index (Phi) is 5.53. The van der Waals surface area contributed by atoms with Gasteiger partial charge in [0.2, 0.25) is 5.91 Å². The van der Waals surface area contributed by atoms with Gasteiger partial charge in [0.1, 0.15) is 0 Å². The van der Waals surface area contributed by atoms with E-state index in [0.717, 1.165) is 36.3 Å². The minimum absolute atomic E-state index is 0.0272. The number of carbonyl (C=O) groups excluding carboxylic acids is 1. The lowest BCUT2D eigenvalue weighted by molar-refractivity contribution is -0.120. The summed E-state index contributed by atoms with van der Waals surface area (Å²) in [7, 11) is 0. The van der Waals surface area contributed by atoms with Gasteiger partial charge in [0.15, 0.2) is 0 Å². The predicted octanol–water partition coefficient (Wildman–Crippen LogP) is 2.65. The average Bonchev–Trinajstić information content (AvgIpc) is 2.80. The molecule has 5 heteroatoms. The Morgan fingerprint density at radius 1 is 1.44 bits per heavy atom. The minimum Gasteiger partial charge on any atom is -0.391 e. The maximum Gasteiger partial charge on any atom is 0.230 e. The Morgan fingerprint density at radius 3 is 3.06 bits per heavy atom. The third-order valence-electron chi connectivity index (χ3n) is 3.17. The van der Waals surface area contributed by atoms with Crippen molar-refractivity contribution in [1.29, 1.82) is 0 Å². The van der Waals surface area contributed by atoms with Crippen LogP contribution < -0.4 is 5.32 Å². The summed E-state index contributed by atoms with van der Waals surface area (Å²) in [5.74, 6) is 0.461. The van der Waals surface area contributed by atoms with Crippen molar-refractivity contribution in [2.24, 2.45) is 0 Å². The van der Waals surface area contributed by atoms with E-state index >= 15 is 0 Å². The van der Waals surface area contributed by atoms with E-state index in [9.17, 15) is 9.90 Å². The fourth-order valence-corrected chi connectivity index (χ4v) is 3.78. The summed E-state index contributed by atoms with van der Waals surface area (Å²) >= 11 is 3.20. The van der Waals surface area contributed by atoms with Gasteiger partial charge in [0.05, 0.1) is 22.1 Å². The van der Waals surface area contributed by atoms with Crippen molar-refractivity contribution >= 4 is 29.0 Å². The molecule has 1 amide bonds. The van der Waals surface area contributed by atoms with Crippen molar-refractivity contribution in [3.8, 4) is 0 Å². The first-order chi connectivity index (χ1) is 8.75. The Morgan fingerprint density at radius 2 is 2.28 bits per heavy atom. The second kappa shape index (κ2) is 7.16. The fourth-order valence-electron chi connectivity index (χ4n) is 2.19. The summed E-state index contributed by atoms with van der Waals surface area (Å²) in [5, 5.41) is 14.9. The molecule has 2 atom stereocenters. The van der Waals surface area contributed by atoms with Gasteiger partial charge >= 0.3 is 0 Å². The van der Waals surface area contributed by atoms with Crippen LogP contribution >= 0.6 is 23.1 Å². The molecular weight excluding hydrogens is 266 g/mol. The molecule has 1 heterocycles. The zero-order valence-corrected chi connectivity index (χ0v) is 11.9. The van der Waals surface area contributed by atoms with E-state index in [0.29, 0.717) is 5.75 Å². The van der Waals surface area contributed by atoms with Crippen LogP contribution in [0.1, 0.15) is 32.1 Å². The lowest BCUT2D eigenvalue weighted by Gasteiger charge is -2.21. The van der Waals surface area contributed by atoms with Crippen molar-refractivity contribution in [2.75, 3.05) is 5.75 Å². The molecule has 0 aliphatic heterocycles. The van der Waals surface area contributed by atoms with Crippen LogP contribution in [-0.2, 0) is 4.79 Å². The first kappa shape index (κ1) is 13.9. The van der Waals surface area contributed by atoms with Gasteiger partial charge in [-0.1, -0.05) is 25.3 Å². The number of nitrogens with one attached hydrogen (secondary N) is 1. The summed E-state index contributed by atoms with van der Waals surface area (Å²) in [6, 6.07) is 3.95. The monoisotopic (exact) mass is 285 g/mol. The molecule has 0 aromatic carbocycles.